The minimum absolute atomic E-state index is 0.361. The summed E-state index contributed by atoms with van der Waals surface area (Å²) in [5.74, 6) is 0.825. The van der Waals surface area contributed by atoms with Crippen LogP contribution in [0.5, 0.6) is 0 Å². The second kappa shape index (κ2) is 4.49. The van der Waals surface area contributed by atoms with Crippen molar-refractivity contribution >= 4 is 34.8 Å². The van der Waals surface area contributed by atoms with Gasteiger partial charge in [-0.15, -0.1) is 23.2 Å². The van der Waals surface area contributed by atoms with Crippen molar-refractivity contribution in [3.63, 3.8) is 0 Å². The molecule has 0 aromatic heterocycles. The van der Waals surface area contributed by atoms with Crippen molar-refractivity contribution in [2.45, 2.75) is 6.92 Å². The molecule has 8 heavy (non-hydrogen) atoms. The molecule has 48 valence electrons. The lowest BCUT2D eigenvalue weighted by Crippen LogP contribution is -1.82. The first-order chi connectivity index (χ1) is 3.72. The third-order valence-corrected chi connectivity index (χ3v) is 2.04. The average molecular weight is 173 g/mol. The molecule has 0 nitrogen and oxygen atoms in total. The summed E-state index contributed by atoms with van der Waals surface area (Å²) in [6.07, 6.45) is 0. The average Bonchev–Trinajstić information content (AvgIpc) is 1.84. The summed E-state index contributed by atoms with van der Waals surface area (Å²) in [6.45, 7) is 1.86. The molecule has 0 radical (unpaired) electrons. The highest BCUT2D eigenvalue weighted by Gasteiger charge is 1.93. The minimum atomic E-state index is 0.361. The molecule has 0 aliphatic rings. The lowest BCUT2D eigenvalue weighted by atomic mass is 10.3. The van der Waals surface area contributed by atoms with Gasteiger partial charge in [0.05, 0.1) is 5.88 Å². The summed E-state index contributed by atoms with van der Waals surface area (Å²) < 4.78 is 0. The smallest absolute Gasteiger partial charge is 0.0581 e. The standard InChI is InChI=1S/C5H7Cl3/c1-4(2-6)5(8)3-7/h2-3H2,1H3. The fourth-order valence-corrected chi connectivity index (χ4v) is 0.711. The fraction of sp³-hybridized carbons (Fsp3) is 0.600. The molecule has 0 bridgehead atoms. The molecular weight excluding hydrogens is 166 g/mol. The number of allylic oxidation sites excluding steroid dienone is 2. The van der Waals surface area contributed by atoms with E-state index in [0.717, 1.165) is 5.57 Å². The molecule has 0 atom stereocenters. The van der Waals surface area contributed by atoms with E-state index in [1.54, 1.807) is 0 Å². The van der Waals surface area contributed by atoms with Gasteiger partial charge in [0.25, 0.3) is 0 Å². The Hall–Kier alpha value is 0.610. The van der Waals surface area contributed by atoms with Crippen LogP contribution in [0.2, 0.25) is 0 Å². The van der Waals surface area contributed by atoms with Crippen molar-refractivity contribution in [2.75, 3.05) is 11.8 Å². The Morgan fingerprint density at radius 1 is 1.25 bits per heavy atom. The van der Waals surface area contributed by atoms with Gasteiger partial charge in [0, 0.05) is 10.9 Å². The molecule has 0 saturated heterocycles. The first-order valence-corrected chi connectivity index (χ1v) is 3.63. The van der Waals surface area contributed by atoms with Gasteiger partial charge in [-0.3, -0.25) is 0 Å². The van der Waals surface area contributed by atoms with E-state index in [2.05, 4.69) is 0 Å². The number of halogens is 3. The van der Waals surface area contributed by atoms with E-state index in [-0.39, 0.29) is 0 Å². The fourth-order valence-electron chi connectivity index (χ4n) is 0.187. The van der Waals surface area contributed by atoms with Crippen LogP contribution in [0.3, 0.4) is 0 Å². The topological polar surface area (TPSA) is 0 Å². The lowest BCUT2D eigenvalue weighted by Gasteiger charge is -1.94. The first-order valence-electron chi connectivity index (χ1n) is 2.18. The van der Waals surface area contributed by atoms with E-state index >= 15 is 0 Å². The van der Waals surface area contributed by atoms with Gasteiger partial charge in [0.1, 0.15) is 0 Å². The SMILES string of the molecule is CC(CCl)=C(Cl)CCl. The summed E-state index contributed by atoms with van der Waals surface area (Å²) in [5, 5.41) is 0.654. The number of alkyl halides is 2. The van der Waals surface area contributed by atoms with Crippen LogP contribution in [0.1, 0.15) is 6.92 Å². The molecule has 0 aliphatic carbocycles. The molecular formula is C5H7Cl3. The van der Waals surface area contributed by atoms with Gasteiger partial charge in [-0.1, -0.05) is 11.6 Å². The molecule has 0 amide bonds. The quantitative estimate of drug-likeness (QED) is 0.563. The Labute approximate surface area is 64.4 Å². The van der Waals surface area contributed by atoms with Crippen LogP contribution in [0.4, 0.5) is 0 Å². The molecule has 0 aliphatic heterocycles. The van der Waals surface area contributed by atoms with Crippen LogP contribution in [0.15, 0.2) is 10.6 Å². The summed E-state index contributed by atoms with van der Waals surface area (Å²) in [6, 6.07) is 0. The Kier molecular flexibility index (Phi) is 4.83. The van der Waals surface area contributed by atoms with Gasteiger partial charge in [0.2, 0.25) is 0 Å². The normalized spacial score (nSPS) is 13.5. The monoisotopic (exact) mass is 172 g/mol. The highest BCUT2D eigenvalue weighted by atomic mass is 35.5. The Morgan fingerprint density at radius 2 is 1.75 bits per heavy atom. The van der Waals surface area contributed by atoms with Crippen LogP contribution in [0.25, 0.3) is 0 Å². The lowest BCUT2D eigenvalue weighted by molar-refractivity contribution is 1.35. The van der Waals surface area contributed by atoms with Gasteiger partial charge >= 0.3 is 0 Å². The molecule has 0 aromatic rings. The molecule has 0 aromatic carbocycles. The van der Waals surface area contributed by atoms with Crippen molar-refractivity contribution in [1.82, 2.24) is 0 Å². The van der Waals surface area contributed by atoms with E-state index in [1.165, 1.54) is 0 Å². The summed E-state index contributed by atoms with van der Waals surface area (Å²) in [4.78, 5) is 0. The summed E-state index contributed by atoms with van der Waals surface area (Å²) in [7, 11) is 0. The van der Waals surface area contributed by atoms with E-state index in [4.69, 9.17) is 34.8 Å². The van der Waals surface area contributed by atoms with Crippen LogP contribution >= 0.6 is 34.8 Å². The second-order valence-electron chi connectivity index (χ2n) is 1.45. The molecule has 0 rings (SSSR count). The number of rotatable bonds is 2. The van der Waals surface area contributed by atoms with E-state index in [0.29, 0.717) is 16.8 Å². The van der Waals surface area contributed by atoms with Crippen molar-refractivity contribution in [3.8, 4) is 0 Å². The van der Waals surface area contributed by atoms with Gasteiger partial charge in [-0.05, 0) is 12.5 Å². The zero-order valence-electron chi connectivity index (χ0n) is 4.55. The third kappa shape index (κ3) is 2.81. The van der Waals surface area contributed by atoms with Crippen LogP contribution in [0, 0.1) is 0 Å². The zero-order chi connectivity index (χ0) is 6.57. The molecule has 0 unspecified atom stereocenters. The maximum Gasteiger partial charge on any atom is 0.0581 e. The predicted octanol–water partition coefficient (Wildman–Crippen LogP) is 2.98. The first kappa shape index (κ1) is 8.61. The van der Waals surface area contributed by atoms with Gasteiger partial charge in [0.15, 0.2) is 0 Å². The largest absolute Gasteiger partial charge is 0.122 e. The molecule has 0 N–H and O–H groups in total. The van der Waals surface area contributed by atoms with Crippen LogP contribution < -0.4 is 0 Å². The molecule has 3 heteroatoms. The third-order valence-electron chi connectivity index (χ3n) is 0.781. The second-order valence-corrected chi connectivity index (χ2v) is 2.44. The minimum Gasteiger partial charge on any atom is -0.122 e. The van der Waals surface area contributed by atoms with E-state index in [9.17, 15) is 0 Å². The number of hydrogen-bond acceptors (Lipinski definition) is 0. The molecule has 0 saturated carbocycles. The van der Waals surface area contributed by atoms with Crippen molar-refractivity contribution in [1.29, 1.82) is 0 Å². The van der Waals surface area contributed by atoms with Gasteiger partial charge < -0.3 is 0 Å². The summed E-state index contributed by atoms with van der Waals surface area (Å²) in [5.41, 5.74) is 0.948. The van der Waals surface area contributed by atoms with Gasteiger partial charge in [-0.25, -0.2) is 0 Å². The Bertz CT molecular complexity index is 83.8. The summed E-state index contributed by atoms with van der Waals surface area (Å²) >= 11 is 16.4. The van der Waals surface area contributed by atoms with Crippen LogP contribution in [-0.2, 0) is 0 Å². The van der Waals surface area contributed by atoms with Crippen LogP contribution in [-0.4, -0.2) is 11.8 Å². The van der Waals surface area contributed by atoms with Gasteiger partial charge in [-0.2, -0.15) is 0 Å². The van der Waals surface area contributed by atoms with E-state index in [1.807, 2.05) is 6.92 Å². The molecule has 0 spiro atoms. The highest BCUT2D eigenvalue weighted by Crippen LogP contribution is 2.11. The zero-order valence-corrected chi connectivity index (χ0v) is 6.82. The highest BCUT2D eigenvalue weighted by molar-refractivity contribution is 6.36. The predicted molar refractivity (Wildman–Crippen MR) is 40.0 cm³/mol. The van der Waals surface area contributed by atoms with E-state index < -0.39 is 0 Å². The van der Waals surface area contributed by atoms with Crippen molar-refractivity contribution < 1.29 is 0 Å². The Morgan fingerprint density at radius 3 is 1.88 bits per heavy atom. The molecule has 0 heterocycles. The van der Waals surface area contributed by atoms with Crippen molar-refractivity contribution in [2.24, 2.45) is 0 Å². The maximum atomic E-state index is 5.58. The van der Waals surface area contributed by atoms with Crippen molar-refractivity contribution in [3.05, 3.63) is 10.6 Å². The molecule has 0 fully saturated rings. The number of hydrogen-bond donors (Lipinski definition) is 0. The Balaban J connectivity index is 3.83. The maximum absolute atomic E-state index is 5.58.